The first-order valence-electron chi connectivity index (χ1n) is 8.24. The normalized spacial score (nSPS) is 19.9. The molecule has 0 fully saturated rings. The van der Waals surface area contributed by atoms with E-state index in [1.807, 2.05) is 6.07 Å². The Morgan fingerprint density at radius 2 is 1.38 bits per heavy atom. The van der Waals surface area contributed by atoms with Gasteiger partial charge >= 0.3 is 0 Å². The van der Waals surface area contributed by atoms with Crippen LogP contribution in [0.3, 0.4) is 0 Å². The number of fused-ring (bicyclic) bond motifs is 2. The lowest BCUT2D eigenvalue weighted by molar-refractivity contribution is -0.385. The van der Waals surface area contributed by atoms with E-state index < -0.39 is 11.0 Å². The van der Waals surface area contributed by atoms with E-state index in [9.17, 15) is 25.3 Å². The van der Waals surface area contributed by atoms with E-state index in [-0.39, 0.29) is 21.7 Å². The van der Waals surface area contributed by atoms with E-state index in [0.717, 1.165) is 24.0 Å². The largest absolute Gasteiger partial charge is 0.388 e. The predicted octanol–water partition coefficient (Wildman–Crippen LogP) is 4.40. The molecule has 0 bridgehead atoms. The number of hydrogen-bond acceptors (Lipinski definition) is 5. The quantitative estimate of drug-likeness (QED) is 0.475. The summed E-state index contributed by atoms with van der Waals surface area (Å²) < 4.78 is 0. The molecule has 136 valence electrons. The summed E-state index contributed by atoms with van der Waals surface area (Å²) in [7, 11) is 0. The van der Waals surface area contributed by atoms with Crippen LogP contribution in [0.2, 0.25) is 0 Å². The molecular weight excluding hydrogens is 360 g/mol. The average Bonchev–Trinajstić information content (AvgIpc) is 3.19. The Bertz CT molecular complexity index is 799. The Kier molecular flexibility index (Phi) is 5.20. The van der Waals surface area contributed by atoms with E-state index in [1.54, 1.807) is 18.2 Å². The molecule has 0 spiro atoms. The van der Waals surface area contributed by atoms with Gasteiger partial charge in [-0.2, -0.15) is 0 Å². The molecule has 2 atom stereocenters. The van der Waals surface area contributed by atoms with Crippen molar-refractivity contribution >= 4 is 23.0 Å². The summed E-state index contributed by atoms with van der Waals surface area (Å²) in [5.41, 5.74) is 3.49. The van der Waals surface area contributed by atoms with Gasteiger partial charge in [0, 0.05) is 23.3 Å². The van der Waals surface area contributed by atoms with Crippen LogP contribution in [0, 0.1) is 20.2 Å². The highest BCUT2D eigenvalue weighted by atomic mass is 35.5. The van der Waals surface area contributed by atoms with Gasteiger partial charge < -0.3 is 5.11 Å². The van der Waals surface area contributed by atoms with Crippen molar-refractivity contribution in [3.05, 3.63) is 78.9 Å². The van der Waals surface area contributed by atoms with Gasteiger partial charge in [-0.05, 0) is 36.8 Å². The van der Waals surface area contributed by atoms with Crippen LogP contribution in [0.5, 0.6) is 0 Å². The van der Waals surface area contributed by atoms with Gasteiger partial charge in [0.2, 0.25) is 0 Å². The third-order valence-corrected chi connectivity index (χ3v) is 5.23. The summed E-state index contributed by atoms with van der Waals surface area (Å²) in [4.78, 5) is 20.5. The zero-order chi connectivity index (χ0) is 18.8. The molecule has 4 rings (SSSR count). The van der Waals surface area contributed by atoms with Crippen molar-refractivity contribution in [2.45, 2.75) is 37.2 Å². The van der Waals surface area contributed by atoms with Gasteiger partial charge in [0.1, 0.15) is 0 Å². The molecule has 26 heavy (non-hydrogen) atoms. The minimum absolute atomic E-state index is 0.0464. The Morgan fingerprint density at radius 1 is 0.885 bits per heavy atom. The Morgan fingerprint density at radius 3 is 1.96 bits per heavy atom. The number of hydrogen-bond donors (Lipinski definition) is 1. The molecule has 0 aliphatic heterocycles. The van der Waals surface area contributed by atoms with E-state index in [2.05, 4.69) is 0 Å². The third kappa shape index (κ3) is 3.40. The van der Waals surface area contributed by atoms with Crippen molar-refractivity contribution in [2.24, 2.45) is 0 Å². The summed E-state index contributed by atoms with van der Waals surface area (Å²) in [5.74, 6) is 0. The first-order valence-corrected chi connectivity index (χ1v) is 8.68. The van der Waals surface area contributed by atoms with Crippen molar-refractivity contribution in [1.82, 2.24) is 0 Å². The lowest BCUT2D eigenvalue weighted by Gasteiger charge is -2.02. The Hall–Kier alpha value is -2.51. The van der Waals surface area contributed by atoms with Crippen molar-refractivity contribution in [1.29, 1.82) is 0 Å². The molecule has 2 aliphatic rings. The SMILES string of the molecule is O=[N+]([O-])c1cccc2c1CCC2Cl.O=[N+]([O-])c1cccc2c1CCC2O. The van der Waals surface area contributed by atoms with Crippen LogP contribution in [0.4, 0.5) is 11.4 Å². The van der Waals surface area contributed by atoms with E-state index >= 15 is 0 Å². The number of nitrogens with zero attached hydrogens (tertiary/aromatic N) is 2. The molecule has 2 unspecified atom stereocenters. The minimum atomic E-state index is -0.519. The summed E-state index contributed by atoms with van der Waals surface area (Å²) in [5, 5.41) is 30.6. The lowest BCUT2D eigenvalue weighted by atomic mass is 10.1. The van der Waals surface area contributed by atoms with Crippen molar-refractivity contribution in [2.75, 3.05) is 0 Å². The minimum Gasteiger partial charge on any atom is -0.388 e. The first-order chi connectivity index (χ1) is 12.4. The van der Waals surface area contributed by atoms with Gasteiger partial charge in [0.15, 0.2) is 0 Å². The molecule has 0 saturated heterocycles. The molecule has 2 aliphatic carbocycles. The lowest BCUT2D eigenvalue weighted by Crippen LogP contribution is -1.95. The highest BCUT2D eigenvalue weighted by Crippen LogP contribution is 2.40. The number of aliphatic hydroxyl groups excluding tert-OH is 1. The van der Waals surface area contributed by atoms with E-state index in [1.165, 1.54) is 12.1 Å². The zero-order valence-corrected chi connectivity index (χ0v) is 14.6. The maximum atomic E-state index is 10.6. The fourth-order valence-electron chi connectivity index (χ4n) is 3.54. The molecule has 8 heteroatoms. The third-order valence-electron chi connectivity index (χ3n) is 4.78. The number of halogens is 1. The topological polar surface area (TPSA) is 107 Å². The smallest absolute Gasteiger partial charge is 0.272 e. The predicted molar refractivity (Wildman–Crippen MR) is 96.4 cm³/mol. The van der Waals surface area contributed by atoms with Crippen LogP contribution in [0.15, 0.2) is 36.4 Å². The number of aliphatic hydroxyl groups is 1. The Balaban J connectivity index is 0.000000151. The van der Waals surface area contributed by atoms with Gasteiger partial charge in [-0.15, -0.1) is 11.6 Å². The van der Waals surface area contributed by atoms with Crippen LogP contribution in [0.25, 0.3) is 0 Å². The molecular formula is C18H17ClN2O5. The second-order valence-corrected chi connectivity index (χ2v) is 6.79. The number of rotatable bonds is 2. The maximum Gasteiger partial charge on any atom is 0.272 e. The fraction of sp³-hybridized carbons (Fsp3) is 0.333. The average molecular weight is 377 g/mol. The molecule has 0 radical (unpaired) electrons. The number of alkyl halides is 1. The second kappa shape index (κ2) is 7.39. The zero-order valence-electron chi connectivity index (χ0n) is 13.8. The first kappa shape index (κ1) is 18.3. The second-order valence-electron chi connectivity index (χ2n) is 6.26. The monoisotopic (exact) mass is 376 g/mol. The van der Waals surface area contributed by atoms with Crippen molar-refractivity contribution in [3.8, 4) is 0 Å². The van der Waals surface area contributed by atoms with E-state index in [4.69, 9.17) is 11.6 Å². The standard InChI is InChI=1S/C9H8ClNO2.C9H9NO3/c10-8-5-4-7-6(8)2-1-3-9(7)11(12)13;11-9-5-4-6-7(9)2-1-3-8(6)10(12)13/h1-3,8H,4-5H2;1-3,9,11H,4-5H2. The number of benzene rings is 2. The van der Waals surface area contributed by atoms with Gasteiger partial charge in [0.25, 0.3) is 11.4 Å². The molecule has 1 N–H and O–H groups in total. The summed E-state index contributed by atoms with van der Waals surface area (Å²) >= 11 is 6.00. The van der Waals surface area contributed by atoms with Crippen LogP contribution in [-0.2, 0) is 12.8 Å². The molecule has 0 amide bonds. The maximum absolute atomic E-state index is 10.6. The molecule has 2 aromatic carbocycles. The highest BCUT2D eigenvalue weighted by Gasteiger charge is 2.28. The van der Waals surface area contributed by atoms with Crippen molar-refractivity contribution in [3.63, 3.8) is 0 Å². The molecule has 7 nitrogen and oxygen atoms in total. The molecule has 2 aromatic rings. The fourth-order valence-corrected chi connectivity index (χ4v) is 3.85. The van der Waals surface area contributed by atoms with Gasteiger partial charge in [0.05, 0.1) is 21.3 Å². The van der Waals surface area contributed by atoms with Gasteiger partial charge in [-0.25, -0.2) is 0 Å². The molecule has 0 saturated carbocycles. The summed E-state index contributed by atoms with van der Waals surface area (Å²) in [6.45, 7) is 0. The van der Waals surface area contributed by atoms with Crippen LogP contribution >= 0.6 is 11.6 Å². The van der Waals surface area contributed by atoms with Crippen molar-refractivity contribution < 1.29 is 15.0 Å². The van der Waals surface area contributed by atoms with Crippen LogP contribution < -0.4 is 0 Å². The van der Waals surface area contributed by atoms with Crippen LogP contribution in [-0.4, -0.2) is 15.0 Å². The molecule has 0 aromatic heterocycles. The van der Waals surface area contributed by atoms with Gasteiger partial charge in [-0.1, -0.05) is 24.3 Å². The highest BCUT2D eigenvalue weighted by molar-refractivity contribution is 6.21. The number of nitro groups is 2. The van der Waals surface area contributed by atoms with Gasteiger partial charge in [-0.3, -0.25) is 20.2 Å². The van der Waals surface area contributed by atoms with Crippen LogP contribution in [0.1, 0.15) is 46.6 Å². The van der Waals surface area contributed by atoms with E-state index in [0.29, 0.717) is 24.0 Å². The Labute approximate surface area is 154 Å². The number of nitro benzene ring substituents is 2. The molecule has 0 heterocycles. The summed E-state index contributed by atoms with van der Waals surface area (Å²) in [6, 6.07) is 9.95. The summed E-state index contributed by atoms with van der Waals surface area (Å²) in [6.07, 6.45) is 2.21.